The van der Waals surface area contributed by atoms with E-state index in [1.807, 2.05) is 0 Å². The Morgan fingerprint density at radius 2 is 0.434 bits per heavy atom. The number of allylic oxidation sites excluding steroid dienone is 8. The smallest absolute Gasteiger partial charge is 0.306 e. The molecule has 6 heteroatoms. The summed E-state index contributed by atoms with van der Waals surface area (Å²) >= 11 is 0. The van der Waals surface area contributed by atoms with Crippen LogP contribution in [0.3, 0.4) is 0 Å². The van der Waals surface area contributed by atoms with Crippen molar-refractivity contribution in [2.45, 2.75) is 412 Å². The van der Waals surface area contributed by atoms with Crippen LogP contribution in [-0.2, 0) is 28.6 Å². The van der Waals surface area contributed by atoms with Gasteiger partial charge < -0.3 is 14.2 Å². The maximum Gasteiger partial charge on any atom is 0.306 e. The van der Waals surface area contributed by atoms with Crippen LogP contribution in [0.15, 0.2) is 48.6 Å². The number of unbranched alkanes of at least 4 members (excludes halogenated alkanes) is 50. The predicted molar refractivity (Wildman–Crippen MR) is 362 cm³/mol. The molecule has 0 aliphatic heterocycles. The van der Waals surface area contributed by atoms with Crippen LogP contribution >= 0.6 is 0 Å². The molecule has 0 radical (unpaired) electrons. The van der Waals surface area contributed by atoms with E-state index in [4.69, 9.17) is 14.2 Å². The molecule has 486 valence electrons. The molecule has 83 heavy (non-hydrogen) atoms. The van der Waals surface area contributed by atoms with Crippen molar-refractivity contribution in [1.82, 2.24) is 0 Å². The van der Waals surface area contributed by atoms with Crippen LogP contribution < -0.4 is 0 Å². The Morgan fingerprint density at radius 1 is 0.241 bits per heavy atom. The molecule has 0 spiro atoms. The highest BCUT2D eigenvalue weighted by Crippen LogP contribution is 2.19. The second-order valence-electron chi connectivity index (χ2n) is 25.2. The molecule has 0 aromatic carbocycles. The van der Waals surface area contributed by atoms with Crippen LogP contribution in [0.4, 0.5) is 0 Å². The van der Waals surface area contributed by atoms with Gasteiger partial charge in [0.05, 0.1) is 0 Å². The van der Waals surface area contributed by atoms with Crippen molar-refractivity contribution in [3.8, 4) is 0 Å². The van der Waals surface area contributed by atoms with E-state index in [2.05, 4.69) is 69.4 Å². The van der Waals surface area contributed by atoms with E-state index in [-0.39, 0.29) is 31.1 Å². The van der Waals surface area contributed by atoms with Gasteiger partial charge in [0.1, 0.15) is 13.2 Å². The van der Waals surface area contributed by atoms with Gasteiger partial charge in [-0.2, -0.15) is 0 Å². The maximum absolute atomic E-state index is 12.9. The number of ether oxygens (including phenoxy) is 3. The van der Waals surface area contributed by atoms with Crippen LogP contribution in [0.25, 0.3) is 0 Å². The molecule has 0 bridgehead atoms. The third kappa shape index (κ3) is 70.0. The Morgan fingerprint density at radius 3 is 0.711 bits per heavy atom. The molecule has 0 aliphatic carbocycles. The summed E-state index contributed by atoms with van der Waals surface area (Å²) in [6.07, 6.45) is 91.7. The first kappa shape index (κ1) is 80.4. The van der Waals surface area contributed by atoms with Crippen molar-refractivity contribution in [3.63, 3.8) is 0 Å². The van der Waals surface area contributed by atoms with Gasteiger partial charge in [-0.15, -0.1) is 0 Å². The van der Waals surface area contributed by atoms with Gasteiger partial charge in [0.15, 0.2) is 6.10 Å². The monoisotopic (exact) mass is 1160 g/mol. The number of hydrogen-bond acceptors (Lipinski definition) is 6. The molecular formula is C77H142O6. The molecule has 0 aromatic rings. The fourth-order valence-corrected chi connectivity index (χ4v) is 11.2. The summed E-state index contributed by atoms with van der Waals surface area (Å²) in [5.41, 5.74) is 0. The number of carbonyl (C=O) groups is 3. The minimum Gasteiger partial charge on any atom is -0.462 e. The quantitative estimate of drug-likeness (QED) is 0.0261. The van der Waals surface area contributed by atoms with Crippen molar-refractivity contribution in [3.05, 3.63) is 48.6 Å². The van der Waals surface area contributed by atoms with Crippen LogP contribution in [0.1, 0.15) is 406 Å². The van der Waals surface area contributed by atoms with Crippen molar-refractivity contribution in [2.24, 2.45) is 0 Å². The molecular weight excluding hydrogens is 1020 g/mol. The number of carbonyl (C=O) groups excluding carboxylic acids is 3. The van der Waals surface area contributed by atoms with E-state index in [1.54, 1.807) is 0 Å². The maximum atomic E-state index is 12.9. The Hall–Kier alpha value is -2.63. The average Bonchev–Trinajstić information content (AvgIpc) is 3.48. The first-order valence-corrected chi connectivity index (χ1v) is 37.1. The van der Waals surface area contributed by atoms with Gasteiger partial charge in [-0.3, -0.25) is 14.4 Å². The third-order valence-electron chi connectivity index (χ3n) is 16.8. The zero-order valence-electron chi connectivity index (χ0n) is 56.0. The Bertz CT molecular complexity index is 1430. The Labute approximate surface area is 518 Å². The molecule has 1 unspecified atom stereocenters. The van der Waals surface area contributed by atoms with Gasteiger partial charge in [-0.05, 0) is 83.5 Å². The molecule has 1 atom stereocenters. The van der Waals surface area contributed by atoms with Crippen LogP contribution in [0.2, 0.25) is 0 Å². The predicted octanol–water partition coefficient (Wildman–Crippen LogP) is 25.7. The van der Waals surface area contributed by atoms with Crippen molar-refractivity contribution in [1.29, 1.82) is 0 Å². The van der Waals surface area contributed by atoms with Gasteiger partial charge in [0.25, 0.3) is 0 Å². The van der Waals surface area contributed by atoms with Crippen LogP contribution in [0, 0.1) is 0 Å². The molecule has 0 saturated carbocycles. The summed E-state index contributed by atoms with van der Waals surface area (Å²) < 4.78 is 17.0. The first-order valence-electron chi connectivity index (χ1n) is 37.1. The SMILES string of the molecule is CCCCC/C=C\C/C=C\C/C=C\CCCCCCCCC(=O)OC(COC(=O)CCCCCCCCCCCCC)COC(=O)CCCCCCCCCCCCCCCCCCCCCCCCC/C=C\CCCCCCCCCC. The largest absolute Gasteiger partial charge is 0.462 e. The van der Waals surface area contributed by atoms with E-state index in [9.17, 15) is 14.4 Å². The van der Waals surface area contributed by atoms with Crippen molar-refractivity contribution < 1.29 is 28.6 Å². The fraction of sp³-hybridized carbons (Fsp3) is 0.857. The lowest BCUT2D eigenvalue weighted by Crippen LogP contribution is -2.30. The van der Waals surface area contributed by atoms with Gasteiger partial charge in [-0.25, -0.2) is 0 Å². The highest BCUT2D eigenvalue weighted by molar-refractivity contribution is 5.71. The molecule has 0 amide bonds. The zero-order chi connectivity index (χ0) is 59.9. The van der Waals surface area contributed by atoms with E-state index in [0.717, 1.165) is 77.0 Å². The lowest BCUT2D eigenvalue weighted by atomic mass is 10.0. The minimum atomic E-state index is -0.778. The standard InChI is InChI=1S/C77H142O6/c1-4-7-10-13-16-19-22-24-26-28-30-31-32-33-34-35-36-37-38-39-40-41-42-43-44-45-47-48-50-52-55-58-61-64-67-70-76(79)82-73-74(72-81-75(78)69-66-63-60-57-54-21-18-15-12-9-6-3)83-77(80)71-68-65-62-59-56-53-51-49-46-29-27-25-23-20-17-14-11-8-5-2/h17,20,25,27-28,30,46,49,74H,4-16,18-19,21-24,26,29,31-45,47-48,50-73H2,1-3H3/b20-17-,27-25-,30-28-,49-46-. The lowest BCUT2D eigenvalue weighted by Gasteiger charge is -2.18. The summed E-state index contributed by atoms with van der Waals surface area (Å²) in [6, 6.07) is 0. The number of esters is 3. The molecule has 0 N–H and O–H groups in total. The fourth-order valence-electron chi connectivity index (χ4n) is 11.2. The molecule has 0 heterocycles. The number of hydrogen-bond donors (Lipinski definition) is 0. The summed E-state index contributed by atoms with van der Waals surface area (Å²) in [5, 5.41) is 0. The van der Waals surface area contributed by atoms with E-state index < -0.39 is 6.10 Å². The van der Waals surface area contributed by atoms with E-state index in [0.29, 0.717) is 19.3 Å². The summed E-state index contributed by atoms with van der Waals surface area (Å²) in [5.74, 6) is -0.861. The highest BCUT2D eigenvalue weighted by atomic mass is 16.6. The number of rotatable bonds is 69. The van der Waals surface area contributed by atoms with Crippen molar-refractivity contribution >= 4 is 17.9 Å². The second kappa shape index (κ2) is 71.8. The molecule has 0 fully saturated rings. The minimum absolute atomic E-state index is 0.0733. The van der Waals surface area contributed by atoms with E-state index >= 15 is 0 Å². The van der Waals surface area contributed by atoms with Crippen LogP contribution in [0.5, 0.6) is 0 Å². The van der Waals surface area contributed by atoms with Gasteiger partial charge >= 0.3 is 17.9 Å². The molecule has 0 saturated heterocycles. The van der Waals surface area contributed by atoms with Crippen molar-refractivity contribution in [2.75, 3.05) is 13.2 Å². The highest BCUT2D eigenvalue weighted by Gasteiger charge is 2.19. The summed E-state index contributed by atoms with van der Waals surface area (Å²) in [6.45, 7) is 6.66. The lowest BCUT2D eigenvalue weighted by molar-refractivity contribution is -0.167. The molecule has 0 aromatic heterocycles. The van der Waals surface area contributed by atoms with Gasteiger partial charge in [-0.1, -0.05) is 352 Å². The summed E-state index contributed by atoms with van der Waals surface area (Å²) in [4.78, 5) is 38.4. The Balaban J connectivity index is 4.06. The third-order valence-corrected chi connectivity index (χ3v) is 16.8. The topological polar surface area (TPSA) is 78.9 Å². The molecule has 0 rings (SSSR count). The second-order valence-corrected chi connectivity index (χ2v) is 25.2. The normalized spacial score (nSPS) is 12.3. The van der Waals surface area contributed by atoms with Gasteiger partial charge in [0.2, 0.25) is 0 Å². The van der Waals surface area contributed by atoms with Gasteiger partial charge in [0, 0.05) is 19.3 Å². The molecule has 6 nitrogen and oxygen atoms in total. The average molecular weight is 1160 g/mol. The van der Waals surface area contributed by atoms with E-state index in [1.165, 1.54) is 289 Å². The zero-order valence-corrected chi connectivity index (χ0v) is 56.0. The molecule has 0 aliphatic rings. The Kier molecular flexibility index (Phi) is 69.6. The summed E-state index contributed by atoms with van der Waals surface area (Å²) in [7, 11) is 0. The van der Waals surface area contributed by atoms with Crippen LogP contribution in [-0.4, -0.2) is 37.2 Å². The first-order chi connectivity index (χ1) is 41.0.